The van der Waals surface area contributed by atoms with E-state index < -0.39 is 0 Å². The first kappa shape index (κ1) is 11.7. The zero-order valence-corrected chi connectivity index (χ0v) is 9.36. The number of aromatic nitrogens is 1. The van der Waals surface area contributed by atoms with Crippen molar-refractivity contribution in [2.45, 2.75) is 13.5 Å². The number of pyridine rings is 1. The van der Waals surface area contributed by atoms with E-state index in [1.54, 1.807) is 0 Å². The van der Waals surface area contributed by atoms with Crippen LogP contribution in [-0.2, 0) is 16.1 Å². The molecule has 0 saturated carbocycles. The van der Waals surface area contributed by atoms with Crippen LogP contribution in [-0.4, -0.2) is 36.6 Å². The standard InChI is InChI=1S/C11H16N2O2/c1-9-5-4-6-10(12-9)7-13(2)8-11(14)15-3/h4-6H,7-8H2,1-3H3. The van der Waals surface area contributed by atoms with Crippen LogP contribution >= 0.6 is 0 Å². The Balaban J connectivity index is 2.51. The molecule has 82 valence electrons. The largest absolute Gasteiger partial charge is 0.468 e. The molecule has 0 spiro atoms. The van der Waals surface area contributed by atoms with Gasteiger partial charge in [0.1, 0.15) is 0 Å². The van der Waals surface area contributed by atoms with Crippen molar-refractivity contribution in [2.24, 2.45) is 0 Å². The summed E-state index contributed by atoms with van der Waals surface area (Å²) in [4.78, 5) is 17.2. The summed E-state index contributed by atoms with van der Waals surface area (Å²) in [6.45, 7) is 2.88. The summed E-state index contributed by atoms with van der Waals surface area (Å²) in [6, 6.07) is 5.86. The van der Waals surface area contributed by atoms with Gasteiger partial charge in [-0.05, 0) is 26.1 Å². The zero-order chi connectivity index (χ0) is 11.3. The Kier molecular flexibility index (Phi) is 4.24. The number of hydrogen-bond donors (Lipinski definition) is 0. The average molecular weight is 208 g/mol. The van der Waals surface area contributed by atoms with E-state index in [0.717, 1.165) is 11.4 Å². The molecular weight excluding hydrogens is 192 g/mol. The highest BCUT2D eigenvalue weighted by Gasteiger charge is 2.07. The molecule has 0 unspecified atom stereocenters. The van der Waals surface area contributed by atoms with Gasteiger partial charge in [-0.1, -0.05) is 6.07 Å². The molecule has 1 aromatic rings. The van der Waals surface area contributed by atoms with Crippen LogP contribution in [0.4, 0.5) is 0 Å². The number of nitrogens with zero attached hydrogens (tertiary/aromatic N) is 2. The fraction of sp³-hybridized carbons (Fsp3) is 0.455. The maximum atomic E-state index is 11.0. The first-order valence-corrected chi connectivity index (χ1v) is 4.79. The van der Waals surface area contributed by atoms with Gasteiger partial charge in [0.05, 0.1) is 19.3 Å². The second-order valence-electron chi connectivity index (χ2n) is 3.52. The minimum Gasteiger partial charge on any atom is -0.468 e. The second kappa shape index (κ2) is 5.46. The van der Waals surface area contributed by atoms with Gasteiger partial charge >= 0.3 is 5.97 Å². The molecule has 0 aliphatic heterocycles. The van der Waals surface area contributed by atoms with Crippen LogP contribution in [0.1, 0.15) is 11.4 Å². The van der Waals surface area contributed by atoms with Gasteiger partial charge in [-0.25, -0.2) is 0 Å². The number of aryl methyl sites for hydroxylation is 1. The first-order valence-electron chi connectivity index (χ1n) is 4.79. The molecule has 0 fully saturated rings. The molecule has 1 rings (SSSR count). The predicted molar refractivity (Wildman–Crippen MR) is 57.3 cm³/mol. The van der Waals surface area contributed by atoms with Crippen molar-refractivity contribution < 1.29 is 9.53 Å². The third-order valence-corrected chi connectivity index (χ3v) is 2.00. The van der Waals surface area contributed by atoms with Crippen molar-refractivity contribution in [2.75, 3.05) is 20.7 Å². The van der Waals surface area contributed by atoms with Crippen molar-refractivity contribution in [3.8, 4) is 0 Å². The summed E-state index contributed by atoms with van der Waals surface area (Å²) < 4.78 is 4.58. The van der Waals surface area contributed by atoms with Crippen molar-refractivity contribution in [3.05, 3.63) is 29.6 Å². The van der Waals surface area contributed by atoms with Crippen molar-refractivity contribution in [1.82, 2.24) is 9.88 Å². The van der Waals surface area contributed by atoms with E-state index in [-0.39, 0.29) is 12.5 Å². The Morgan fingerprint density at radius 3 is 2.87 bits per heavy atom. The summed E-state index contributed by atoms with van der Waals surface area (Å²) in [6.07, 6.45) is 0. The molecule has 0 bridgehead atoms. The number of rotatable bonds is 4. The van der Waals surface area contributed by atoms with Crippen LogP contribution in [0.15, 0.2) is 18.2 Å². The minimum absolute atomic E-state index is 0.231. The Morgan fingerprint density at radius 1 is 1.53 bits per heavy atom. The molecule has 0 N–H and O–H groups in total. The van der Waals surface area contributed by atoms with Crippen LogP contribution in [0.5, 0.6) is 0 Å². The van der Waals surface area contributed by atoms with E-state index in [1.165, 1.54) is 7.11 Å². The van der Waals surface area contributed by atoms with Gasteiger partial charge in [0.15, 0.2) is 0 Å². The van der Waals surface area contributed by atoms with E-state index in [9.17, 15) is 4.79 Å². The lowest BCUT2D eigenvalue weighted by molar-refractivity contribution is -0.141. The maximum Gasteiger partial charge on any atom is 0.319 e. The summed E-state index contributed by atoms with van der Waals surface area (Å²) in [5, 5.41) is 0. The third-order valence-electron chi connectivity index (χ3n) is 2.00. The summed E-state index contributed by atoms with van der Waals surface area (Å²) in [7, 11) is 3.25. The van der Waals surface area contributed by atoms with Crippen LogP contribution < -0.4 is 0 Å². The topological polar surface area (TPSA) is 42.4 Å². The summed E-state index contributed by atoms with van der Waals surface area (Å²) in [5.74, 6) is -0.231. The van der Waals surface area contributed by atoms with Crippen LogP contribution in [0, 0.1) is 6.92 Å². The Hall–Kier alpha value is -1.42. The predicted octanol–water partition coefficient (Wildman–Crippen LogP) is 0.995. The molecule has 0 aliphatic rings. The maximum absolute atomic E-state index is 11.0. The summed E-state index contributed by atoms with van der Waals surface area (Å²) >= 11 is 0. The Bertz CT molecular complexity index is 339. The van der Waals surface area contributed by atoms with E-state index in [4.69, 9.17) is 0 Å². The molecule has 1 aromatic heterocycles. The Labute approximate surface area is 89.9 Å². The lowest BCUT2D eigenvalue weighted by atomic mass is 10.3. The first-order chi connectivity index (χ1) is 7.11. The lowest BCUT2D eigenvalue weighted by Crippen LogP contribution is -2.26. The van der Waals surface area contributed by atoms with Crippen molar-refractivity contribution >= 4 is 5.97 Å². The number of carbonyl (C=O) groups is 1. The molecule has 4 heteroatoms. The second-order valence-corrected chi connectivity index (χ2v) is 3.52. The summed E-state index contributed by atoms with van der Waals surface area (Å²) in [5.41, 5.74) is 1.94. The lowest BCUT2D eigenvalue weighted by Gasteiger charge is -2.14. The number of methoxy groups -OCH3 is 1. The molecule has 1 heterocycles. The Morgan fingerprint density at radius 2 is 2.27 bits per heavy atom. The van der Waals surface area contributed by atoms with Gasteiger partial charge in [0, 0.05) is 12.2 Å². The van der Waals surface area contributed by atoms with Gasteiger partial charge in [-0.15, -0.1) is 0 Å². The average Bonchev–Trinajstić information content (AvgIpc) is 2.17. The molecule has 0 amide bonds. The number of likely N-dealkylation sites (N-methyl/N-ethyl adjacent to an activating group) is 1. The SMILES string of the molecule is COC(=O)CN(C)Cc1cccc(C)n1. The van der Waals surface area contributed by atoms with Gasteiger partial charge in [-0.2, -0.15) is 0 Å². The van der Waals surface area contributed by atoms with E-state index in [1.807, 2.05) is 37.1 Å². The number of hydrogen-bond acceptors (Lipinski definition) is 4. The van der Waals surface area contributed by atoms with Crippen molar-refractivity contribution in [3.63, 3.8) is 0 Å². The molecule has 0 atom stereocenters. The van der Waals surface area contributed by atoms with E-state index in [0.29, 0.717) is 6.54 Å². The third kappa shape index (κ3) is 4.08. The van der Waals surface area contributed by atoms with Crippen LogP contribution in [0.25, 0.3) is 0 Å². The zero-order valence-electron chi connectivity index (χ0n) is 9.36. The van der Waals surface area contributed by atoms with Crippen molar-refractivity contribution in [1.29, 1.82) is 0 Å². The molecule has 0 aromatic carbocycles. The highest BCUT2D eigenvalue weighted by atomic mass is 16.5. The smallest absolute Gasteiger partial charge is 0.319 e. The number of esters is 1. The number of ether oxygens (including phenoxy) is 1. The molecule has 0 saturated heterocycles. The molecule has 15 heavy (non-hydrogen) atoms. The fourth-order valence-corrected chi connectivity index (χ4v) is 1.30. The normalized spacial score (nSPS) is 10.4. The van der Waals surface area contributed by atoms with Crippen LogP contribution in [0.3, 0.4) is 0 Å². The molecule has 4 nitrogen and oxygen atoms in total. The molecular formula is C11H16N2O2. The molecule has 0 radical (unpaired) electrons. The fourth-order valence-electron chi connectivity index (χ4n) is 1.30. The van der Waals surface area contributed by atoms with Gasteiger partial charge in [0.25, 0.3) is 0 Å². The van der Waals surface area contributed by atoms with Gasteiger partial charge in [-0.3, -0.25) is 14.7 Å². The van der Waals surface area contributed by atoms with Gasteiger partial charge in [0.2, 0.25) is 0 Å². The monoisotopic (exact) mass is 208 g/mol. The highest BCUT2D eigenvalue weighted by molar-refractivity contribution is 5.71. The van der Waals surface area contributed by atoms with E-state index >= 15 is 0 Å². The van der Waals surface area contributed by atoms with Crippen LogP contribution in [0.2, 0.25) is 0 Å². The van der Waals surface area contributed by atoms with Gasteiger partial charge < -0.3 is 4.74 Å². The molecule has 0 aliphatic carbocycles. The minimum atomic E-state index is -0.231. The highest BCUT2D eigenvalue weighted by Crippen LogP contribution is 2.01. The quantitative estimate of drug-likeness (QED) is 0.692. The van der Waals surface area contributed by atoms with E-state index in [2.05, 4.69) is 9.72 Å². The number of carbonyl (C=O) groups excluding carboxylic acids is 1.